The minimum Gasteiger partial charge on any atom is -0.390 e. The molecular weight excluding hydrogens is 284 g/mol. The van der Waals surface area contributed by atoms with Crippen LogP contribution >= 0.6 is 0 Å². The summed E-state index contributed by atoms with van der Waals surface area (Å²) in [6.45, 7) is 1.69. The maximum absolute atomic E-state index is 10.6. The van der Waals surface area contributed by atoms with Gasteiger partial charge >= 0.3 is 0 Å². The molecule has 2 atom stereocenters. The number of aliphatic hydroxyl groups is 3. The van der Waals surface area contributed by atoms with E-state index in [1.807, 2.05) is 0 Å². The van der Waals surface area contributed by atoms with E-state index in [2.05, 4.69) is 15.3 Å². The fourth-order valence-electron chi connectivity index (χ4n) is 2.73. The van der Waals surface area contributed by atoms with Crippen LogP contribution in [0.25, 0.3) is 10.4 Å². The molecule has 1 aromatic rings. The van der Waals surface area contributed by atoms with Gasteiger partial charge in [0.1, 0.15) is 6.10 Å². The third-order valence-corrected chi connectivity index (χ3v) is 4.17. The van der Waals surface area contributed by atoms with Crippen molar-refractivity contribution in [2.75, 3.05) is 19.6 Å². The monoisotopic (exact) mass is 306 g/mol. The highest BCUT2D eigenvalue weighted by molar-refractivity contribution is 5.29. The summed E-state index contributed by atoms with van der Waals surface area (Å²) in [5.74, 6) is 0. The van der Waals surface area contributed by atoms with Gasteiger partial charge in [0.2, 0.25) is 0 Å². The van der Waals surface area contributed by atoms with Crippen molar-refractivity contribution in [1.29, 1.82) is 0 Å². The average molecular weight is 306 g/mol. The number of nitrogens with one attached hydrogen (secondary N) is 1. The van der Waals surface area contributed by atoms with Gasteiger partial charge in [-0.2, -0.15) is 0 Å². The molecular formula is C15H22N4O3. The summed E-state index contributed by atoms with van der Waals surface area (Å²) in [6.07, 6.45) is -0.514. The van der Waals surface area contributed by atoms with Crippen LogP contribution in [-0.4, -0.2) is 41.1 Å². The lowest BCUT2D eigenvalue weighted by atomic mass is 9.84. The number of hydrogen-bond donors (Lipinski definition) is 4. The van der Waals surface area contributed by atoms with E-state index in [0.717, 1.165) is 18.7 Å². The van der Waals surface area contributed by atoms with Crippen molar-refractivity contribution < 1.29 is 15.3 Å². The number of azide groups is 1. The van der Waals surface area contributed by atoms with Crippen molar-refractivity contribution in [3.8, 4) is 0 Å². The van der Waals surface area contributed by atoms with Crippen LogP contribution < -0.4 is 5.32 Å². The molecule has 7 heteroatoms. The summed E-state index contributed by atoms with van der Waals surface area (Å²) < 4.78 is 0. The van der Waals surface area contributed by atoms with Crippen LogP contribution in [-0.2, 0) is 5.60 Å². The molecule has 0 radical (unpaired) electrons. The third-order valence-electron chi connectivity index (χ3n) is 4.17. The van der Waals surface area contributed by atoms with Crippen LogP contribution in [0.1, 0.15) is 36.5 Å². The zero-order valence-corrected chi connectivity index (χ0v) is 12.4. The molecule has 1 aliphatic heterocycles. The maximum atomic E-state index is 10.6. The van der Waals surface area contributed by atoms with Gasteiger partial charge in [-0.15, -0.1) is 0 Å². The molecule has 0 saturated carbocycles. The molecule has 1 aromatic carbocycles. The Bertz CT molecular complexity index is 522. The summed E-state index contributed by atoms with van der Waals surface area (Å²) in [6, 6.07) is 7.03. The minimum atomic E-state index is -1.04. The molecule has 1 saturated heterocycles. The molecule has 120 valence electrons. The third kappa shape index (κ3) is 3.97. The van der Waals surface area contributed by atoms with Crippen molar-refractivity contribution in [3.05, 3.63) is 45.8 Å². The summed E-state index contributed by atoms with van der Waals surface area (Å²) in [5, 5.41) is 37.2. The first-order valence-electron chi connectivity index (χ1n) is 7.47. The van der Waals surface area contributed by atoms with Crippen molar-refractivity contribution in [1.82, 2.24) is 5.32 Å². The normalized spacial score (nSPS) is 20.0. The second-order valence-corrected chi connectivity index (χ2v) is 5.66. The number of piperidine rings is 1. The fourth-order valence-corrected chi connectivity index (χ4v) is 2.73. The Hall–Kier alpha value is -1.63. The van der Waals surface area contributed by atoms with Gasteiger partial charge in [0, 0.05) is 11.5 Å². The molecule has 0 aliphatic carbocycles. The Morgan fingerprint density at radius 2 is 1.86 bits per heavy atom. The SMILES string of the molecule is [N-]=[N+]=NCCC(O)C(O)c1ccc(C2(O)CCNCC2)cc1. The van der Waals surface area contributed by atoms with Gasteiger partial charge in [-0.1, -0.05) is 29.4 Å². The van der Waals surface area contributed by atoms with Crippen LogP contribution in [0.4, 0.5) is 0 Å². The quantitative estimate of drug-likeness (QED) is 0.360. The van der Waals surface area contributed by atoms with Gasteiger partial charge in [0.25, 0.3) is 0 Å². The molecule has 0 spiro atoms. The van der Waals surface area contributed by atoms with E-state index in [0.29, 0.717) is 18.4 Å². The fraction of sp³-hybridized carbons (Fsp3) is 0.600. The van der Waals surface area contributed by atoms with Crippen molar-refractivity contribution in [2.45, 2.75) is 37.1 Å². The molecule has 1 aliphatic rings. The van der Waals surface area contributed by atoms with Crippen molar-refractivity contribution in [2.24, 2.45) is 5.11 Å². The van der Waals surface area contributed by atoms with E-state index < -0.39 is 17.8 Å². The lowest BCUT2D eigenvalue weighted by Crippen LogP contribution is -2.39. The molecule has 1 heterocycles. The Labute approximate surface area is 129 Å². The van der Waals surface area contributed by atoms with Crippen LogP contribution in [0.2, 0.25) is 0 Å². The zero-order chi connectivity index (χ0) is 16.0. The van der Waals surface area contributed by atoms with Crippen molar-refractivity contribution >= 4 is 0 Å². The molecule has 4 N–H and O–H groups in total. The highest BCUT2D eigenvalue weighted by atomic mass is 16.3. The van der Waals surface area contributed by atoms with Gasteiger partial charge in [-0.25, -0.2) is 0 Å². The first-order valence-corrected chi connectivity index (χ1v) is 7.47. The summed E-state index contributed by atoms with van der Waals surface area (Å²) in [5.41, 5.74) is 8.78. The van der Waals surface area contributed by atoms with E-state index in [9.17, 15) is 15.3 Å². The predicted octanol–water partition coefficient (Wildman–Crippen LogP) is 1.35. The highest BCUT2D eigenvalue weighted by Gasteiger charge is 2.31. The Balaban J connectivity index is 2.02. The zero-order valence-electron chi connectivity index (χ0n) is 12.4. The smallest absolute Gasteiger partial charge is 0.105 e. The van der Waals surface area contributed by atoms with Crippen LogP contribution in [0.15, 0.2) is 29.4 Å². The number of benzene rings is 1. The van der Waals surface area contributed by atoms with Crippen LogP contribution in [0.5, 0.6) is 0 Å². The van der Waals surface area contributed by atoms with Gasteiger partial charge in [-0.3, -0.25) is 0 Å². The Kier molecular flexibility index (Phi) is 5.76. The number of nitrogens with zero attached hydrogens (tertiary/aromatic N) is 3. The second kappa shape index (κ2) is 7.58. The number of rotatable bonds is 6. The predicted molar refractivity (Wildman–Crippen MR) is 82.0 cm³/mol. The highest BCUT2D eigenvalue weighted by Crippen LogP contribution is 2.31. The van der Waals surface area contributed by atoms with Gasteiger partial charge in [0.05, 0.1) is 11.7 Å². The lowest BCUT2D eigenvalue weighted by Gasteiger charge is -2.33. The Morgan fingerprint density at radius 3 is 2.45 bits per heavy atom. The molecule has 0 aromatic heterocycles. The first kappa shape index (κ1) is 16.7. The maximum Gasteiger partial charge on any atom is 0.105 e. The van der Waals surface area contributed by atoms with E-state index in [4.69, 9.17) is 5.53 Å². The van der Waals surface area contributed by atoms with Gasteiger partial charge < -0.3 is 20.6 Å². The summed E-state index contributed by atoms with van der Waals surface area (Å²) >= 11 is 0. The Morgan fingerprint density at radius 1 is 1.23 bits per heavy atom. The molecule has 0 bridgehead atoms. The lowest BCUT2D eigenvalue weighted by molar-refractivity contribution is 0.00530. The standard InChI is InChI=1S/C15H22N4O3/c16-19-18-8-5-13(20)14(21)11-1-3-12(4-2-11)15(22)6-9-17-10-7-15/h1-4,13-14,17,20-22H,5-10H2. The first-order chi connectivity index (χ1) is 10.6. The minimum absolute atomic E-state index is 0.138. The largest absolute Gasteiger partial charge is 0.390 e. The van der Waals surface area contributed by atoms with Crippen LogP contribution in [0, 0.1) is 0 Å². The topological polar surface area (TPSA) is 121 Å². The molecule has 0 amide bonds. The molecule has 7 nitrogen and oxygen atoms in total. The average Bonchev–Trinajstić information content (AvgIpc) is 2.55. The summed E-state index contributed by atoms with van der Waals surface area (Å²) in [4.78, 5) is 2.61. The van der Waals surface area contributed by atoms with E-state index in [-0.39, 0.29) is 13.0 Å². The van der Waals surface area contributed by atoms with Crippen molar-refractivity contribution in [3.63, 3.8) is 0 Å². The molecule has 22 heavy (non-hydrogen) atoms. The molecule has 1 fully saturated rings. The van der Waals surface area contributed by atoms with Gasteiger partial charge in [-0.05, 0) is 49.0 Å². The number of aliphatic hydroxyl groups excluding tert-OH is 2. The molecule has 2 unspecified atom stereocenters. The van der Waals surface area contributed by atoms with Crippen LogP contribution in [0.3, 0.4) is 0 Å². The summed E-state index contributed by atoms with van der Waals surface area (Å²) in [7, 11) is 0. The second-order valence-electron chi connectivity index (χ2n) is 5.66. The number of hydrogen-bond acceptors (Lipinski definition) is 5. The van der Waals surface area contributed by atoms with E-state index in [1.165, 1.54) is 0 Å². The van der Waals surface area contributed by atoms with Gasteiger partial charge in [0.15, 0.2) is 0 Å². The van der Waals surface area contributed by atoms with E-state index in [1.54, 1.807) is 24.3 Å². The molecule has 2 rings (SSSR count). The van der Waals surface area contributed by atoms with E-state index >= 15 is 0 Å².